The molecule has 4 heteroatoms. The molecule has 1 saturated carbocycles. The number of rotatable bonds is 4. The zero-order valence-electron chi connectivity index (χ0n) is 21.7. The van der Waals surface area contributed by atoms with Gasteiger partial charge in [0.25, 0.3) is 0 Å². The molecule has 0 aromatic heterocycles. The third-order valence-corrected chi connectivity index (χ3v) is 11.5. The molecule has 3 nitrogen and oxygen atoms in total. The van der Waals surface area contributed by atoms with E-state index in [2.05, 4.69) is 107 Å². The molecule has 0 N–H and O–H groups in total. The van der Waals surface area contributed by atoms with Crippen molar-refractivity contribution in [3.8, 4) is 0 Å². The molecule has 2 heterocycles. The Balaban J connectivity index is 1.54. The summed E-state index contributed by atoms with van der Waals surface area (Å²) in [5.41, 5.74) is 0.773. The SMILES string of the molecule is C[C@@H]1CC[C@@H]2[C@@H](C1)O[C@@H]1N(C[C@H](C(C)(C)[Se]c3ccccc3)O[C@@]1(C)c1ccccc1)C2(C)C. The molecular weight excluding hydrogens is 485 g/mol. The molecule has 0 unspecified atom stereocenters. The Morgan fingerprint density at radius 3 is 2.26 bits per heavy atom. The first-order chi connectivity index (χ1) is 16.1. The summed E-state index contributed by atoms with van der Waals surface area (Å²) < 4.78 is 15.7. The Hall–Kier alpha value is -1.16. The van der Waals surface area contributed by atoms with E-state index in [1.54, 1.807) is 0 Å². The third kappa shape index (κ3) is 4.31. The average Bonchev–Trinajstić information content (AvgIpc) is 2.80. The van der Waals surface area contributed by atoms with Gasteiger partial charge in [-0.1, -0.05) is 0 Å². The molecule has 1 aliphatic carbocycles. The molecular formula is C30H41NO2Se. The molecule has 3 fully saturated rings. The normalized spacial score (nSPS) is 35.9. The summed E-state index contributed by atoms with van der Waals surface area (Å²) in [5, 5.41) is 0. The summed E-state index contributed by atoms with van der Waals surface area (Å²) in [4.78, 5) is 2.69. The number of fused-ring (bicyclic) bond motifs is 2. The van der Waals surface area contributed by atoms with E-state index in [1.165, 1.54) is 22.9 Å². The van der Waals surface area contributed by atoms with Crippen LogP contribution < -0.4 is 4.46 Å². The summed E-state index contributed by atoms with van der Waals surface area (Å²) in [6.45, 7) is 15.3. The standard InChI is InChI=1S/C30H41NO2Se/c1-21-17-18-24-25(19-21)32-27-30(6,22-13-9-7-10-14-22)33-26(20-31(27)28(24,2)3)29(4,5)34-23-15-11-8-12-16-23/h7-16,21,24-27H,17-20H2,1-6H3/t21-,24-,25-,26-,27+,30+/m1/s1. The molecule has 0 amide bonds. The second-order valence-corrected chi connectivity index (χ2v) is 15.6. The van der Waals surface area contributed by atoms with Gasteiger partial charge in [0, 0.05) is 0 Å². The number of hydrogen-bond donors (Lipinski definition) is 0. The van der Waals surface area contributed by atoms with Gasteiger partial charge in [0.2, 0.25) is 0 Å². The van der Waals surface area contributed by atoms with E-state index in [9.17, 15) is 0 Å². The van der Waals surface area contributed by atoms with Gasteiger partial charge in [0.1, 0.15) is 0 Å². The van der Waals surface area contributed by atoms with Crippen molar-refractivity contribution in [3.05, 3.63) is 66.2 Å². The third-order valence-electron chi connectivity index (χ3n) is 8.76. The van der Waals surface area contributed by atoms with E-state index in [0.717, 1.165) is 18.9 Å². The first-order valence-corrected chi connectivity index (χ1v) is 14.7. The van der Waals surface area contributed by atoms with Crippen LogP contribution in [0, 0.1) is 11.8 Å². The van der Waals surface area contributed by atoms with E-state index in [4.69, 9.17) is 9.47 Å². The van der Waals surface area contributed by atoms with Crippen LogP contribution in [0.15, 0.2) is 60.7 Å². The van der Waals surface area contributed by atoms with Crippen molar-refractivity contribution in [2.75, 3.05) is 6.54 Å². The fourth-order valence-corrected chi connectivity index (χ4v) is 8.99. The second kappa shape index (κ2) is 9.05. The zero-order valence-corrected chi connectivity index (χ0v) is 23.4. The summed E-state index contributed by atoms with van der Waals surface area (Å²) >= 11 is 0.299. The minimum atomic E-state index is -0.517. The molecule has 2 saturated heterocycles. The van der Waals surface area contributed by atoms with E-state index in [0.29, 0.717) is 27.0 Å². The maximum absolute atomic E-state index is 7.22. The van der Waals surface area contributed by atoms with Crippen molar-refractivity contribution >= 4 is 19.4 Å². The topological polar surface area (TPSA) is 21.7 Å². The summed E-state index contributed by atoms with van der Waals surface area (Å²) in [7, 11) is 0. The fourth-order valence-electron chi connectivity index (χ4n) is 6.57. The number of nitrogens with zero attached hydrogens (tertiary/aromatic N) is 1. The van der Waals surface area contributed by atoms with Gasteiger partial charge in [-0.25, -0.2) is 0 Å². The van der Waals surface area contributed by atoms with E-state index < -0.39 is 5.60 Å². The molecule has 5 rings (SSSR count). The van der Waals surface area contributed by atoms with Crippen molar-refractivity contribution in [3.63, 3.8) is 0 Å². The van der Waals surface area contributed by atoms with Gasteiger partial charge >= 0.3 is 213 Å². The first-order valence-electron chi connectivity index (χ1n) is 13.0. The Bertz CT molecular complexity index is 978. The molecule has 2 aromatic rings. The van der Waals surface area contributed by atoms with Crippen LogP contribution in [-0.4, -0.2) is 50.4 Å². The number of hydrogen-bond acceptors (Lipinski definition) is 3. The van der Waals surface area contributed by atoms with E-state index in [-0.39, 0.29) is 22.2 Å². The van der Waals surface area contributed by atoms with Gasteiger partial charge in [-0.3, -0.25) is 0 Å². The van der Waals surface area contributed by atoms with Crippen molar-refractivity contribution in [1.29, 1.82) is 0 Å². The van der Waals surface area contributed by atoms with Crippen molar-refractivity contribution < 1.29 is 9.47 Å². The summed E-state index contributed by atoms with van der Waals surface area (Å²) in [6.07, 6.45) is 4.08. The van der Waals surface area contributed by atoms with Gasteiger partial charge in [-0.2, -0.15) is 0 Å². The van der Waals surface area contributed by atoms with Gasteiger partial charge in [0.05, 0.1) is 0 Å². The predicted molar refractivity (Wildman–Crippen MR) is 140 cm³/mol. The molecule has 3 aliphatic rings. The molecule has 2 aromatic carbocycles. The fraction of sp³-hybridized carbons (Fsp3) is 0.600. The van der Waals surface area contributed by atoms with Crippen LogP contribution >= 0.6 is 0 Å². The number of morpholine rings is 1. The van der Waals surface area contributed by atoms with Crippen LogP contribution in [0.2, 0.25) is 4.31 Å². The Kier molecular flexibility index (Phi) is 6.53. The molecule has 0 bridgehead atoms. The number of ether oxygens (including phenoxy) is 2. The molecule has 2 aliphatic heterocycles. The molecule has 0 radical (unpaired) electrons. The van der Waals surface area contributed by atoms with Gasteiger partial charge in [0.15, 0.2) is 0 Å². The van der Waals surface area contributed by atoms with Gasteiger partial charge < -0.3 is 0 Å². The van der Waals surface area contributed by atoms with Crippen LogP contribution in [0.25, 0.3) is 0 Å². The van der Waals surface area contributed by atoms with Crippen LogP contribution in [0.5, 0.6) is 0 Å². The second-order valence-electron chi connectivity index (χ2n) is 12.0. The monoisotopic (exact) mass is 527 g/mol. The van der Waals surface area contributed by atoms with E-state index >= 15 is 0 Å². The summed E-state index contributed by atoms with van der Waals surface area (Å²) in [6, 6.07) is 21.8. The molecule has 6 atom stereocenters. The first kappa shape index (κ1) is 24.5. The average molecular weight is 527 g/mol. The van der Waals surface area contributed by atoms with Crippen LogP contribution in [0.1, 0.15) is 66.4 Å². The molecule has 34 heavy (non-hydrogen) atoms. The number of benzene rings is 2. The Morgan fingerprint density at radius 1 is 0.941 bits per heavy atom. The van der Waals surface area contributed by atoms with Crippen molar-refractivity contribution in [1.82, 2.24) is 4.90 Å². The molecule has 0 spiro atoms. The Morgan fingerprint density at radius 2 is 1.59 bits per heavy atom. The van der Waals surface area contributed by atoms with Crippen LogP contribution in [0.3, 0.4) is 0 Å². The van der Waals surface area contributed by atoms with Crippen LogP contribution in [0.4, 0.5) is 0 Å². The minimum absolute atomic E-state index is 0.0450. The predicted octanol–water partition coefficient (Wildman–Crippen LogP) is 5.77. The molecule has 184 valence electrons. The van der Waals surface area contributed by atoms with Gasteiger partial charge in [-0.15, -0.1) is 0 Å². The Labute approximate surface area is 212 Å². The van der Waals surface area contributed by atoms with Crippen molar-refractivity contribution in [2.24, 2.45) is 11.8 Å². The van der Waals surface area contributed by atoms with Crippen molar-refractivity contribution in [2.45, 2.75) is 94.7 Å². The maximum atomic E-state index is 7.22. The summed E-state index contributed by atoms with van der Waals surface area (Å²) in [5.74, 6) is 1.30. The quantitative estimate of drug-likeness (QED) is 0.472. The zero-order chi connectivity index (χ0) is 24.1. The van der Waals surface area contributed by atoms with Crippen LogP contribution in [-0.2, 0) is 15.1 Å². The van der Waals surface area contributed by atoms with Gasteiger partial charge in [-0.05, 0) is 0 Å². The van der Waals surface area contributed by atoms with E-state index in [1.807, 2.05) is 0 Å².